The second kappa shape index (κ2) is 4.38. The number of aliphatic hydroxyl groups excluding tert-OH is 1. The molecule has 0 aliphatic rings. The minimum Gasteiger partial charge on any atom is -0.396 e. The van der Waals surface area contributed by atoms with Gasteiger partial charge in [0, 0.05) is 12.1 Å². The van der Waals surface area contributed by atoms with E-state index in [4.69, 9.17) is 11.5 Å². The highest BCUT2D eigenvalue weighted by molar-refractivity contribution is 4.98. The van der Waals surface area contributed by atoms with Crippen LogP contribution >= 0.6 is 0 Å². The number of terminal acetylenes is 1. The largest absolute Gasteiger partial charge is 0.396 e. The van der Waals surface area contributed by atoms with Crippen LogP contribution in [0.5, 0.6) is 0 Å². The van der Waals surface area contributed by atoms with Crippen molar-refractivity contribution in [2.75, 3.05) is 6.61 Å². The Morgan fingerprint density at radius 3 is 2.55 bits per heavy atom. The Morgan fingerprint density at radius 1 is 1.64 bits per heavy atom. The Labute approximate surface area is 69.0 Å². The first kappa shape index (κ1) is 10.5. The number of hydrogen-bond donors (Lipinski definition) is 2. The molecule has 0 heterocycles. The van der Waals surface area contributed by atoms with E-state index in [0.29, 0.717) is 0 Å². The van der Waals surface area contributed by atoms with Crippen molar-refractivity contribution >= 4 is 0 Å². The predicted octanol–water partition coefficient (Wildman–Crippen LogP) is 0.759. The van der Waals surface area contributed by atoms with Crippen molar-refractivity contribution < 1.29 is 5.11 Å². The maximum atomic E-state index is 8.70. The van der Waals surface area contributed by atoms with Gasteiger partial charge >= 0.3 is 0 Å². The summed E-state index contributed by atoms with van der Waals surface area (Å²) in [5.74, 6) is 2.59. The molecule has 0 amide bonds. The highest BCUT2D eigenvalue weighted by Gasteiger charge is 2.17. The molecule has 0 aromatic carbocycles. The maximum absolute atomic E-state index is 8.70. The lowest BCUT2D eigenvalue weighted by Gasteiger charge is -2.27. The summed E-state index contributed by atoms with van der Waals surface area (Å²) in [5, 5.41) is 11.9. The lowest BCUT2D eigenvalue weighted by Crippen LogP contribution is -2.44. The number of nitrogens with one attached hydrogen (secondary N) is 1. The third-order valence-corrected chi connectivity index (χ3v) is 1.59. The Kier molecular flexibility index (Phi) is 4.17. The molecule has 0 spiro atoms. The minimum atomic E-state index is -0.0689. The van der Waals surface area contributed by atoms with Gasteiger partial charge < -0.3 is 5.11 Å². The molecule has 0 rings (SSSR count). The molecule has 0 aliphatic carbocycles. The first-order chi connectivity index (χ1) is 5.02. The minimum absolute atomic E-state index is 0.0662. The third-order valence-electron chi connectivity index (χ3n) is 1.59. The summed E-state index contributed by atoms with van der Waals surface area (Å²) in [6, 6.07) is 0.0662. The summed E-state index contributed by atoms with van der Waals surface area (Å²) in [7, 11) is 0. The van der Waals surface area contributed by atoms with Gasteiger partial charge in [0.15, 0.2) is 0 Å². The van der Waals surface area contributed by atoms with Gasteiger partial charge in [-0.1, -0.05) is 5.92 Å². The molecule has 0 fully saturated rings. The number of hydrogen-bond acceptors (Lipinski definition) is 2. The molecular weight excluding hydrogens is 138 g/mol. The highest BCUT2D eigenvalue weighted by atomic mass is 16.3. The van der Waals surface area contributed by atoms with E-state index in [1.165, 1.54) is 0 Å². The van der Waals surface area contributed by atoms with Crippen molar-refractivity contribution in [2.45, 2.75) is 38.8 Å². The quantitative estimate of drug-likeness (QED) is 0.587. The van der Waals surface area contributed by atoms with Crippen LogP contribution in [0.1, 0.15) is 27.2 Å². The average Bonchev–Trinajstić information content (AvgIpc) is 1.86. The van der Waals surface area contributed by atoms with Gasteiger partial charge in [-0.05, 0) is 27.2 Å². The van der Waals surface area contributed by atoms with Crippen LogP contribution in [0.15, 0.2) is 0 Å². The van der Waals surface area contributed by atoms with Crippen LogP contribution in [0.2, 0.25) is 0 Å². The molecule has 0 aliphatic heterocycles. The molecule has 2 N–H and O–H groups in total. The van der Waals surface area contributed by atoms with Crippen molar-refractivity contribution in [1.82, 2.24) is 5.32 Å². The average molecular weight is 155 g/mol. The molecule has 0 saturated carbocycles. The molecule has 0 radical (unpaired) electrons. The second-order valence-electron chi connectivity index (χ2n) is 3.39. The van der Waals surface area contributed by atoms with Crippen molar-refractivity contribution in [2.24, 2.45) is 0 Å². The summed E-state index contributed by atoms with van der Waals surface area (Å²) >= 11 is 0. The molecule has 0 aromatic rings. The van der Waals surface area contributed by atoms with Gasteiger partial charge in [-0.25, -0.2) is 0 Å². The van der Waals surface area contributed by atoms with E-state index in [2.05, 4.69) is 11.2 Å². The van der Waals surface area contributed by atoms with Crippen LogP contribution < -0.4 is 5.32 Å². The topological polar surface area (TPSA) is 32.3 Å². The SMILES string of the molecule is C#CC(C)NC(C)(C)CCO. The van der Waals surface area contributed by atoms with Gasteiger partial charge in [0.05, 0.1) is 6.04 Å². The van der Waals surface area contributed by atoms with E-state index in [1.807, 2.05) is 20.8 Å². The highest BCUT2D eigenvalue weighted by Crippen LogP contribution is 2.07. The maximum Gasteiger partial charge on any atom is 0.0662 e. The third kappa shape index (κ3) is 4.83. The van der Waals surface area contributed by atoms with Gasteiger partial charge in [-0.15, -0.1) is 6.42 Å². The predicted molar refractivity (Wildman–Crippen MR) is 47.2 cm³/mol. The normalized spacial score (nSPS) is 14.1. The van der Waals surface area contributed by atoms with E-state index in [0.717, 1.165) is 6.42 Å². The standard InChI is InChI=1S/C9H17NO/c1-5-8(2)10-9(3,4)6-7-11/h1,8,10-11H,6-7H2,2-4H3. The van der Waals surface area contributed by atoms with Crippen LogP contribution in [-0.2, 0) is 0 Å². The summed E-state index contributed by atoms with van der Waals surface area (Å²) in [6.07, 6.45) is 5.92. The first-order valence-electron chi connectivity index (χ1n) is 3.86. The van der Waals surface area contributed by atoms with Gasteiger partial charge in [0.25, 0.3) is 0 Å². The summed E-state index contributed by atoms with van der Waals surface area (Å²) < 4.78 is 0. The molecule has 2 heteroatoms. The van der Waals surface area contributed by atoms with Crippen molar-refractivity contribution in [1.29, 1.82) is 0 Å². The zero-order chi connectivity index (χ0) is 8.91. The van der Waals surface area contributed by atoms with Gasteiger partial charge in [-0.3, -0.25) is 5.32 Å². The molecule has 2 nitrogen and oxygen atoms in total. The molecule has 11 heavy (non-hydrogen) atoms. The van der Waals surface area contributed by atoms with Gasteiger partial charge in [-0.2, -0.15) is 0 Å². The van der Waals surface area contributed by atoms with E-state index in [1.54, 1.807) is 0 Å². The summed E-state index contributed by atoms with van der Waals surface area (Å²) in [4.78, 5) is 0. The van der Waals surface area contributed by atoms with Gasteiger partial charge in [0.2, 0.25) is 0 Å². The van der Waals surface area contributed by atoms with Crippen LogP contribution in [0, 0.1) is 12.3 Å². The fourth-order valence-electron chi connectivity index (χ4n) is 0.979. The summed E-state index contributed by atoms with van der Waals surface area (Å²) in [6.45, 7) is 6.17. The van der Waals surface area contributed by atoms with Crippen molar-refractivity contribution in [3.05, 3.63) is 0 Å². The second-order valence-corrected chi connectivity index (χ2v) is 3.39. The lowest BCUT2D eigenvalue weighted by atomic mass is 10.0. The number of rotatable bonds is 4. The van der Waals surface area contributed by atoms with Crippen molar-refractivity contribution in [3.63, 3.8) is 0 Å². The van der Waals surface area contributed by atoms with Crippen LogP contribution in [-0.4, -0.2) is 23.3 Å². The Balaban J connectivity index is 3.82. The fraction of sp³-hybridized carbons (Fsp3) is 0.778. The lowest BCUT2D eigenvalue weighted by molar-refractivity contribution is 0.227. The molecule has 1 unspecified atom stereocenters. The summed E-state index contributed by atoms with van der Waals surface area (Å²) in [5.41, 5.74) is -0.0689. The Hall–Kier alpha value is -0.520. The van der Waals surface area contributed by atoms with E-state index >= 15 is 0 Å². The van der Waals surface area contributed by atoms with Crippen LogP contribution in [0.25, 0.3) is 0 Å². The van der Waals surface area contributed by atoms with E-state index < -0.39 is 0 Å². The molecule has 0 saturated heterocycles. The fourth-order valence-corrected chi connectivity index (χ4v) is 0.979. The number of aliphatic hydroxyl groups is 1. The molecule has 0 aromatic heterocycles. The monoisotopic (exact) mass is 155 g/mol. The molecular formula is C9H17NO. The van der Waals surface area contributed by atoms with Crippen LogP contribution in [0.4, 0.5) is 0 Å². The molecule has 64 valence electrons. The van der Waals surface area contributed by atoms with Crippen LogP contribution in [0.3, 0.4) is 0 Å². The van der Waals surface area contributed by atoms with Crippen molar-refractivity contribution in [3.8, 4) is 12.3 Å². The molecule has 1 atom stereocenters. The Morgan fingerprint density at radius 2 is 2.18 bits per heavy atom. The zero-order valence-electron chi connectivity index (χ0n) is 7.52. The van der Waals surface area contributed by atoms with E-state index in [9.17, 15) is 0 Å². The first-order valence-corrected chi connectivity index (χ1v) is 3.86. The molecule has 0 bridgehead atoms. The smallest absolute Gasteiger partial charge is 0.0662 e. The zero-order valence-corrected chi connectivity index (χ0v) is 7.52. The van der Waals surface area contributed by atoms with E-state index in [-0.39, 0.29) is 18.2 Å². The Bertz CT molecular complexity index is 146. The van der Waals surface area contributed by atoms with Gasteiger partial charge in [0.1, 0.15) is 0 Å².